The molecule has 0 aliphatic heterocycles. The number of nitrogens with two attached hydrogens (primary N) is 1. The summed E-state index contributed by atoms with van der Waals surface area (Å²) in [6.07, 6.45) is 0. The largest absolute Gasteiger partial charge is 0.483 e. The van der Waals surface area contributed by atoms with E-state index in [1.807, 2.05) is 61.5 Å². The number of para-hydroxylation sites is 1. The van der Waals surface area contributed by atoms with Crippen molar-refractivity contribution in [2.24, 2.45) is 0 Å². The Labute approximate surface area is 166 Å². The van der Waals surface area contributed by atoms with Gasteiger partial charge < -0.3 is 15.4 Å². The highest BCUT2D eigenvalue weighted by atomic mass is 16.5. The molecule has 0 radical (unpaired) electrons. The number of anilines is 1. The van der Waals surface area contributed by atoms with Crippen LogP contribution in [0.5, 0.6) is 5.75 Å². The van der Waals surface area contributed by atoms with E-state index < -0.39 is 0 Å². The molecule has 28 heavy (non-hydrogen) atoms. The maximum atomic E-state index is 12.2. The van der Waals surface area contributed by atoms with E-state index in [0.29, 0.717) is 6.04 Å². The van der Waals surface area contributed by atoms with E-state index in [1.54, 1.807) is 0 Å². The Balaban J connectivity index is 1.55. The summed E-state index contributed by atoms with van der Waals surface area (Å²) >= 11 is 0. The van der Waals surface area contributed by atoms with Crippen LogP contribution < -0.4 is 15.4 Å². The Hall–Kier alpha value is -3.11. The number of benzene rings is 3. The van der Waals surface area contributed by atoms with E-state index in [1.165, 1.54) is 5.56 Å². The van der Waals surface area contributed by atoms with Gasteiger partial charge in [0.15, 0.2) is 6.61 Å². The zero-order valence-corrected chi connectivity index (χ0v) is 16.4. The number of carbonyl (C=O) groups excluding carboxylic acids is 1. The minimum Gasteiger partial charge on any atom is -0.483 e. The van der Waals surface area contributed by atoms with Gasteiger partial charge in [-0.1, -0.05) is 54.6 Å². The van der Waals surface area contributed by atoms with E-state index in [9.17, 15) is 4.79 Å². The molecule has 0 saturated heterocycles. The standard InChI is InChI=1S/C24H26N2O2/c1-18-9-8-13-22(15-18)26-24(27)17-28-23-14-7-6-12-21(23)16-25-19(2)20-10-4-3-5-11-20/h3-15,19,25H,16-17H2,1-2H3,(H,26,27)/p+1/t19-/m1/s1. The Morgan fingerprint density at radius 3 is 2.54 bits per heavy atom. The highest BCUT2D eigenvalue weighted by Crippen LogP contribution is 2.18. The normalized spacial score (nSPS) is 11.6. The summed E-state index contributed by atoms with van der Waals surface area (Å²) in [6.45, 7) is 4.95. The van der Waals surface area contributed by atoms with E-state index in [4.69, 9.17) is 4.74 Å². The molecule has 1 atom stereocenters. The molecule has 3 N–H and O–H groups in total. The third-order valence-electron chi connectivity index (χ3n) is 4.65. The monoisotopic (exact) mass is 375 g/mol. The van der Waals surface area contributed by atoms with Crippen LogP contribution in [-0.2, 0) is 11.3 Å². The van der Waals surface area contributed by atoms with Crippen molar-refractivity contribution in [3.63, 3.8) is 0 Å². The number of amides is 1. The quantitative estimate of drug-likeness (QED) is 0.629. The average Bonchev–Trinajstić information content (AvgIpc) is 2.71. The molecule has 0 unspecified atom stereocenters. The molecule has 0 aliphatic rings. The van der Waals surface area contributed by atoms with Gasteiger partial charge in [-0.25, -0.2) is 0 Å². The molecule has 0 aliphatic carbocycles. The molecule has 4 nitrogen and oxygen atoms in total. The molecule has 0 heterocycles. The van der Waals surface area contributed by atoms with E-state index in [2.05, 4.69) is 41.8 Å². The lowest BCUT2D eigenvalue weighted by Gasteiger charge is -2.14. The van der Waals surface area contributed by atoms with E-state index in [0.717, 1.165) is 29.1 Å². The number of rotatable bonds is 8. The summed E-state index contributed by atoms with van der Waals surface area (Å²) in [5, 5.41) is 5.14. The van der Waals surface area contributed by atoms with Crippen molar-refractivity contribution in [1.29, 1.82) is 0 Å². The molecule has 0 saturated carbocycles. The first-order valence-electron chi connectivity index (χ1n) is 9.57. The molecule has 3 aromatic carbocycles. The van der Waals surface area contributed by atoms with Gasteiger partial charge in [-0.05, 0) is 43.7 Å². The Morgan fingerprint density at radius 2 is 1.75 bits per heavy atom. The van der Waals surface area contributed by atoms with Crippen LogP contribution in [0.1, 0.15) is 29.7 Å². The molecule has 1 amide bonds. The van der Waals surface area contributed by atoms with Crippen molar-refractivity contribution >= 4 is 11.6 Å². The minimum atomic E-state index is -0.165. The molecule has 4 heteroatoms. The molecular formula is C24H27N2O2+. The Kier molecular flexibility index (Phi) is 6.82. The fourth-order valence-electron chi connectivity index (χ4n) is 3.07. The highest BCUT2D eigenvalue weighted by Gasteiger charge is 2.12. The fourth-order valence-corrected chi connectivity index (χ4v) is 3.07. The highest BCUT2D eigenvalue weighted by molar-refractivity contribution is 5.91. The fraction of sp³-hybridized carbons (Fsp3) is 0.208. The lowest BCUT2D eigenvalue weighted by molar-refractivity contribution is -0.708. The molecule has 144 valence electrons. The number of nitrogens with one attached hydrogen (secondary N) is 1. The average molecular weight is 375 g/mol. The van der Waals surface area contributed by atoms with E-state index >= 15 is 0 Å². The summed E-state index contributed by atoms with van der Waals surface area (Å²) in [5.74, 6) is 0.584. The maximum Gasteiger partial charge on any atom is 0.262 e. The zero-order chi connectivity index (χ0) is 19.8. The molecule has 0 aromatic heterocycles. The lowest BCUT2D eigenvalue weighted by atomic mass is 10.1. The van der Waals surface area contributed by atoms with Crippen molar-refractivity contribution < 1.29 is 14.8 Å². The van der Waals surface area contributed by atoms with Gasteiger partial charge >= 0.3 is 0 Å². The number of ether oxygens (including phenoxy) is 1. The van der Waals surface area contributed by atoms with Gasteiger partial charge in [-0.3, -0.25) is 4.79 Å². The van der Waals surface area contributed by atoms with Crippen molar-refractivity contribution in [2.75, 3.05) is 11.9 Å². The molecule has 3 aromatic rings. The van der Waals surface area contributed by atoms with Crippen LogP contribution in [-0.4, -0.2) is 12.5 Å². The zero-order valence-electron chi connectivity index (χ0n) is 16.4. The third kappa shape index (κ3) is 5.69. The van der Waals surface area contributed by atoms with Crippen LogP contribution in [0.3, 0.4) is 0 Å². The van der Waals surface area contributed by atoms with Crippen LogP contribution in [0.15, 0.2) is 78.9 Å². The molecular weight excluding hydrogens is 348 g/mol. The summed E-state index contributed by atoms with van der Waals surface area (Å²) in [5.41, 5.74) is 4.26. The first-order chi connectivity index (χ1) is 13.6. The van der Waals surface area contributed by atoms with Crippen molar-refractivity contribution in [3.8, 4) is 5.75 Å². The van der Waals surface area contributed by atoms with Gasteiger partial charge in [-0.2, -0.15) is 0 Å². The third-order valence-corrected chi connectivity index (χ3v) is 4.65. The van der Waals surface area contributed by atoms with Gasteiger partial charge in [0.05, 0.1) is 0 Å². The second-order valence-electron chi connectivity index (χ2n) is 6.95. The summed E-state index contributed by atoms with van der Waals surface area (Å²) in [4.78, 5) is 12.2. The SMILES string of the molecule is Cc1cccc(NC(=O)COc2ccccc2C[NH2+][C@H](C)c2ccccc2)c1. The molecule has 3 rings (SSSR count). The van der Waals surface area contributed by atoms with Crippen LogP contribution in [0, 0.1) is 6.92 Å². The topological polar surface area (TPSA) is 54.9 Å². The Morgan fingerprint density at radius 1 is 1.00 bits per heavy atom. The van der Waals surface area contributed by atoms with Crippen molar-refractivity contribution in [1.82, 2.24) is 0 Å². The number of quaternary nitrogens is 1. The van der Waals surface area contributed by atoms with E-state index in [-0.39, 0.29) is 12.5 Å². The van der Waals surface area contributed by atoms with Crippen LogP contribution in [0.2, 0.25) is 0 Å². The predicted octanol–water partition coefficient (Wildman–Crippen LogP) is 3.84. The van der Waals surface area contributed by atoms with Gasteiger partial charge in [0.2, 0.25) is 0 Å². The lowest BCUT2D eigenvalue weighted by Crippen LogP contribution is -2.83. The number of aryl methyl sites for hydroxylation is 1. The summed E-state index contributed by atoms with van der Waals surface area (Å²) < 4.78 is 5.81. The first-order valence-corrected chi connectivity index (χ1v) is 9.57. The van der Waals surface area contributed by atoms with Crippen LogP contribution in [0.25, 0.3) is 0 Å². The van der Waals surface area contributed by atoms with Crippen LogP contribution >= 0.6 is 0 Å². The van der Waals surface area contributed by atoms with Gasteiger partial charge in [0, 0.05) is 16.8 Å². The predicted molar refractivity (Wildman–Crippen MR) is 112 cm³/mol. The second kappa shape index (κ2) is 9.72. The maximum absolute atomic E-state index is 12.2. The van der Waals surface area contributed by atoms with Gasteiger partial charge in [0.25, 0.3) is 5.91 Å². The Bertz CT molecular complexity index is 909. The van der Waals surface area contributed by atoms with Crippen molar-refractivity contribution in [3.05, 3.63) is 95.6 Å². The number of hydrogen-bond donors (Lipinski definition) is 2. The molecule has 0 spiro atoms. The minimum absolute atomic E-state index is 0.0147. The summed E-state index contributed by atoms with van der Waals surface area (Å²) in [6, 6.07) is 26.4. The van der Waals surface area contributed by atoms with Gasteiger partial charge in [0.1, 0.15) is 18.3 Å². The van der Waals surface area contributed by atoms with Crippen molar-refractivity contribution in [2.45, 2.75) is 26.4 Å². The first kappa shape index (κ1) is 19.6. The number of hydrogen-bond acceptors (Lipinski definition) is 2. The smallest absolute Gasteiger partial charge is 0.262 e. The van der Waals surface area contributed by atoms with Crippen LogP contribution in [0.4, 0.5) is 5.69 Å². The second-order valence-corrected chi connectivity index (χ2v) is 6.95. The number of carbonyl (C=O) groups is 1. The molecule has 0 bridgehead atoms. The van der Waals surface area contributed by atoms with Gasteiger partial charge in [-0.15, -0.1) is 0 Å². The summed E-state index contributed by atoms with van der Waals surface area (Å²) in [7, 11) is 0. The molecule has 0 fully saturated rings.